The molecular weight excluding hydrogens is 222 g/mol. The summed E-state index contributed by atoms with van der Waals surface area (Å²) in [4.78, 5) is 0. The van der Waals surface area contributed by atoms with Gasteiger partial charge in [-0.2, -0.15) is 0 Å². The molecule has 0 atom stereocenters. The second-order valence-corrected chi connectivity index (χ2v) is 8.50. The Morgan fingerprint density at radius 1 is 0.833 bits per heavy atom. The van der Waals surface area contributed by atoms with Gasteiger partial charge >= 0.3 is 0 Å². The van der Waals surface area contributed by atoms with Crippen LogP contribution in [-0.2, 0) is 17.4 Å². The predicted molar refractivity (Wildman–Crippen MR) is 76.9 cm³/mol. The molecule has 0 saturated carbocycles. The van der Waals surface area contributed by atoms with Gasteiger partial charge in [0, 0.05) is 17.4 Å². The molecule has 0 radical (unpaired) electrons. The standard InChI is InChI=1S/C15H29N3/c1-13(2,3)10-18-12(15(7,8)9)11(16-17-18)14(4,5)6/h10H2,1-9H3. The molecular formula is C15H29N3. The molecule has 0 saturated heterocycles. The summed E-state index contributed by atoms with van der Waals surface area (Å²) in [7, 11) is 0. The molecule has 1 heterocycles. The topological polar surface area (TPSA) is 30.7 Å². The molecule has 0 amide bonds. The molecule has 0 N–H and O–H groups in total. The molecule has 104 valence electrons. The Labute approximate surface area is 112 Å². The normalized spacial score (nSPS) is 14.1. The molecule has 0 aliphatic heterocycles. The van der Waals surface area contributed by atoms with Crippen molar-refractivity contribution in [3.05, 3.63) is 11.4 Å². The summed E-state index contributed by atoms with van der Waals surface area (Å²) in [5.41, 5.74) is 2.71. The smallest absolute Gasteiger partial charge is 0.0917 e. The predicted octanol–water partition coefficient (Wildman–Crippen LogP) is 3.92. The Balaban J connectivity index is 3.34. The van der Waals surface area contributed by atoms with Gasteiger partial charge in [-0.05, 0) is 5.41 Å². The van der Waals surface area contributed by atoms with Crippen molar-refractivity contribution >= 4 is 0 Å². The Morgan fingerprint density at radius 3 is 1.67 bits per heavy atom. The van der Waals surface area contributed by atoms with Gasteiger partial charge in [-0.15, -0.1) is 5.10 Å². The second-order valence-electron chi connectivity index (χ2n) is 8.50. The third-order valence-electron chi connectivity index (χ3n) is 2.78. The molecule has 1 aromatic rings. The van der Waals surface area contributed by atoms with Crippen LogP contribution in [0.3, 0.4) is 0 Å². The van der Waals surface area contributed by atoms with Crippen LogP contribution in [0, 0.1) is 5.41 Å². The lowest BCUT2D eigenvalue weighted by molar-refractivity contribution is 0.305. The molecule has 0 aliphatic carbocycles. The summed E-state index contributed by atoms with van der Waals surface area (Å²) in [6.45, 7) is 20.9. The monoisotopic (exact) mass is 251 g/mol. The minimum Gasteiger partial charge on any atom is -0.248 e. The van der Waals surface area contributed by atoms with Gasteiger partial charge in [0.1, 0.15) is 0 Å². The van der Waals surface area contributed by atoms with E-state index in [9.17, 15) is 0 Å². The minimum atomic E-state index is 0.0404. The summed E-state index contributed by atoms with van der Waals surface area (Å²) in [6, 6.07) is 0. The van der Waals surface area contributed by atoms with E-state index in [1.807, 2.05) is 0 Å². The first-order valence-electron chi connectivity index (χ1n) is 6.77. The highest BCUT2D eigenvalue weighted by atomic mass is 15.4. The number of nitrogens with zero attached hydrogens (tertiary/aromatic N) is 3. The van der Waals surface area contributed by atoms with Crippen LogP contribution in [-0.4, -0.2) is 15.0 Å². The maximum Gasteiger partial charge on any atom is 0.0917 e. The summed E-state index contributed by atoms with van der Waals surface area (Å²) >= 11 is 0. The van der Waals surface area contributed by atoms with Crippen molar-refractivity contribution in [3.63, 3.8) is 0 Å². The highest BCUT2D eigenvalue weighted by Crippen LogP contribution is 2.33. The van der Waals surface area contributed by atoms with Crippen molar-refractivity contribution in [2.24, 2.45) is 5.41 Å². The number of aromatic nitrogens is 3. The van der Waals surface area contributed by atoms with Crippen molar-refractivity contribution in [2.45, 2.75) is 79.7 Å². The van der Waals surface area contributed by atoms with Crippen LogP contribution in [0.25, 0.3) is 0 Å². The maximum absolute atomic E-state index is 4.45. The quantitative estimate of drug-likeness (QED) is 0.757. The molecule has 3 heteroatoms. The van der Waals surface area contributed by atoms with Crippen LogP contribution in [0.2, 0.25) is 0 Å². The van der Waals surface area contributed by atoms with Gasteiger partial charge in [-0.1, -0.05) is 67.5 Å². The van der Waals surface area contributed by atoms with E-state index < -0.39 is 0 Å². The fraction of sp³-hybridized carbons (Fsp3) is 0.867. The molecule has 0 aliphatic rings. The first kappa shape index (κ1) is 15.2. The number of hydrogen-bond donors (Lipinski definition) is 0. The van der Waals surface area contributed by atoms with E-state index in [1.165, 1.54) is 5.69 Å². The Hall–Kier alpha value is -0.860. The lowest BCUT2D eigenvalue weighted by Gasteiger charge is -2.28. The van der Waals surface area contributed by atoms with Crippen molar-refractivity contribution < 1.29 is 0 Å². The van der Waals surface area contributed by atoms with Gasteiger partial charge in [0.25, 0.3) is 0 Å². The highest BCUT2D eigenvalue weighted by molar-refractivity contribution is 5.25. The molecule has 0 spiro atoms. The van der Waals surface area contributed by atoms with Crippen LogP contribution < -0.4 is 0 Å². The van der Waals surface area contributed by atoms with Crippen LogP contribution in [0.15, 0.2) is 0 Å². The fourth-order valence-corrected chi connectivity index (χ4v) is 2.12. The summed E-state index contributed by atoms with van der Waals surface area (Å²) in [5, 5.41) is 8.85. The fourth-order valence-electron chi connectivity index (χ4n) is 2.12. The van der Waals surface area contributed by atoms with Crippen molar-refractivity contribution in [2.75, 3.05) is 0 Å². The van der Waals surface area contributed by atoms with E-state index in [0.29, 0.717) is 0 Å². The third kappa shape index (κ3) is 3.56. The van der Waals surface area contributed by atoms with E-state index in [-0.39, 0.29) is 16.2 Å². The van der Waals surface area contributed by atoms with Crippen molar-refractivity contribution in [1.29, 1.82) is 0 Å². The highest BCUT2D eigenvalue weighted by Gasteiger charge is 2.32. The van der Waals surface area contributed by atoms with E-state index in [4.69, 9.17) is 0 Å². The van der Waals surface area contributed by atoms with Gasteiger partial charge in [0.2, 0.25) is 0 Å². The molecule has 3 nitrogen and oxygen atoms in total. The number of hydrogen-bond acceptors (Lipinski definition) is 2. The van der Waals surface area contributed by atoms with Crippen LogP contribution in [0.5, 0.6) is 0 Å². The van der Waals surface area contributed by atoms with Gasteiger partial charge in [-0.25, -0.2) is 4.68 Å². The number of rotatable bonds is 1. The molecule has 1 aromatic heterocycles. The van der Waals surface area contributed by atoms with Gasteiger partial charge in [-0.3, -0.25) is 0 Å². The SMILES string of the molecule is CC(C)(C)Cn1nnc(C(C)(C)C)c1C(C)(C)C. The van der Waals surface area contributed by atoms with E-state index in [1.54, 1.807) is 0 Å². The zero-order valence-corrected chi connectivity index (χ0v) is 13.5. The third-order valence-corrected chi connectivity index (χ3v) is 2.78. The zero-order chi connectivity index (χ0) is 14.4. The van der Waals surface area contributed by atoms with Crippen LogP contribution in [0.4, 0.5) is 0 Å². The second kappa shape index (κ2) is 4.36. The Kier molecular flexibility index (Phi) is 3.68. The Morgan fingerprint density at radius 2 is 1.33 bits per heavy atom. The van der Waals surface area contributed by atoms with Crippen LogP contribution >= 0.6 is 0 Å². The largest absolute Gasteiger partial charge is 0.248 e. The first-order chi connectivity index (χ1) is 7.82. The molecule has 18 heavy (non-hydrogen) atoms. The molecule has 0 fully saturated rings. The first-order valence-corrected chi connectivity index (χ1v) is 6.77. The van der Waals surface area contributed by atoms with Gasteiger partial charge in [0.15, 0.2) is 0 Å². The minimum absolute atomic E-state index is 0.0404. The van der Waals surface area contributed by atoms with Crippen LogP contribution in [0.1, 0.15) is 73.7 Å². The molecule has 0 unspecified atom stereocenters. The molecule has 1 rings (SSSR count). The van der Waals surface area contributed by atoms with E-state index >= 15 is 0 Å². The molecule has 0 aromatic carbocycles. The van der Waals surface area contributed by atoms with Gasteiger partial charge < -0.3 is 0 Å². The lowest BCUT2D eigenvalue weighted by atomic mass is 9.81. The average Bonchev–Trinajstić information content (AvgIpc) is 2.41. The van der Waals surface area contributed by atoms with Crippen molar-refractivity contribution in [3.8, 4) is 0 Å². The van der Waals surface area contributed by atoms with E-state index in [0.717, 1.165) is 12.2 Å². The Bertz CT molecular complexity index is 408. The van der Waals surface area contributed by atoms with E-state index in [2.05, 4.69) is 77.3 Å². The summed E-state index contributed by atoms with van der Waals surface area (Å²) < 4.78 is 2.10. The lowest BCUT2D eigenvalue weighted by Crippen LogP contribution is -2.27. The summed E-state index contributed by atoms with van der Waals surface area (Å²) in [5.74, 6) is 0. The average molecular weight is 251 g/mol. The molecule has 0 bridgehead atoms. The summed E-state index contributed by atoms with van der Waals surface area (Å²) in [6.07, 6.45) is 0. The van der Waals surface area contributed by atoms with Crippen molar-refractivity contribution in [1.82, 2.24) is 15.0 Å². The maximum atomic E-state index is 4.45. The zero-order valence-electron chi connectivity index (χ0n) is 13.5. The van der Waals surface area contributed by atoms with Gasteiger partial charge in [0.05, 0.1) is 11.4 Å².